The quantitative estimate of drug-likeness (QED) is 0.723. The molecule has 1 unspecified atom stereocenters. The van der Waals surface area contributed by atoms with Crippen LogP contribution in [0.5, 0.6) is 11.5 Å². The highest BCUT2D eigenvalue weighted by Gasteiger charge is 2.13. The summed E-state index contributed by atoms with van der Waals surface area (Å²) in [6.07, 6.45) is 1.61. The monoisotopic (exact) mass is 345 g/mol. The van der Waals surface area contributed by atoms with E-state index >= 15 is 0 Å². The van der Waals surface area contributed by atoms with E-state index in [1.807, 2.05) is 48.5 Å². The third-order valence-electron chi connectivity index (χ3n) is 4.04. The predicted octanol–water partition coefficient (Wildman–Crippen LogP) is 4.94. The van der Waals surface area contributed by atoms with Gasteiger partial charge in [0.15, 0.2) is 0 Å². The summed E-state index contributed by atoms with van der Waals surface area (Å²) in [6.45, 7) is 2.08. The molecule has 2 aromatic carbocycles. The van der Waals surface area contributed by atoms with Gasteiger partial charge in [-0.25, -0.2) is 0 Å². The Morgan fingerprint density at radius 2 is 1.38 bits per heavy atom. The van der Waals surface area contributed by atoms with Crippen LogP contribution in [0.25, 0.3) is 10.6 Å². The molecule has 0 aliphatic heterocycles. The summed E-state index contributed by atoms with van der Waals surface area (Å²) in [7, 11) is 3.30. The average molecular weight is 346 g/mol. The van der Waals surface area contributed by atoms with Crippen LogP contribution in [0.3, 0.4) is 0 Å². The van der Waals surface area contributed by atoms with Crippen LogP contribution in [0.15, 0.2) is 48.5 Å². The maximum absolute atomic E-state index is 6.73. The first-order valence-electron chi connectivity index (χ1n) is 8.02. The molecular weight excluding hydrogens is 322 g/mol. The van der Waals surface area contributed by atoms with Gasteiger partial charge >= 0.3 is 0 Å². The summed E-state index contributed by atoms with van der Waals surface area (Å²) >= 11 is 6.73. The Hall–Kier alpha value is -1.97. The minimum atomic E-state index is 0.0640. The lowest BCUT2D eigenvalue weighted by atomic mass is 9.95. The second-order valence-corrected chi connectivity index (χ2v) is 6.00. The topological polar surface area (TPSA) is 44.5 Å². The van der Waals surface area contributed by atoms with E-state index in [-0.39, 0.29) is 6.04 Å². The van der Waals surface area contributed by atoms with E-state index < -0.39 is 0 Å². The molecule has 0 aromatic heterocycles. The zero-order valence-corrected chi connectivity index (χ0v) is 15.1. The molecule has 0 bridgehead atoms. The molecule has 0 fully saturated rings. The Kier molecular flexibility index (Phi) is 6.71. The second-order valence-electron chi connectivity index (χ2n) is 5.62. The van der Waals surface area contributed by atoms with Crippen molar-refractivity contribution in [2.24, 2.45) is 5.73 Å². The van der Waals surface area contributed by atoms with Crippen LogP contribution in [-0.4, -0.2) is 20.3 Å². The molecule has 4 heteroatoms. The van der Waals surface area contributed by atoms with E-state index in [2.05, 4.69) is 6.92 Å². The Labute approximate surface area is 149 Å². The van der Waals surface area contributed by atoms with Crippen molar-refractivity contribution in [3.63, 3.8) is 0 Å². The van der Waals surface area contributed by atoms with Crippen LogP contribution in [-0.2, 0) is 0 Å². The summed E-state index contributed by atoms with van der Waals surface area (Å²) in [4.78, 5) is 0. The predicted molar refractivity (Wildman–Crippen MR) is 102 cm³/mol. The lowest BCUT2D eigenvalue weighted by Gasteiger charge is -2.16. The Morgan fingerprint density at radius 1 is 0.917 bits per heavy atom. The van der Waals surface area contributed by atoms with Crippen molar-refractivity contribution >= 4 is 22.2 Å². The summed E-state index contributed by atoms with van der Waals surface area (Å²) < 4.78 is 10.4. The molecule has 0 heterocycles. The normalized spacial score (nSPS) is 13.2. The van der Waals surface area contributed by atoms with Gasteiger partial charge in [0.2, 0.25) is 0 Å². The number of halogens is 1. The van der Waals surface area contributed by atoms with Crippen LogP contribution >= 0.6 is 11.6 Å². The third-order valence-corrected chi connectivity index (χ3v) is 4.48. The van der Waals surface area contributed by atoms with E-state index in [0.717, 1.165) is 34.6 Å². The number of rotatable bonds is 7. The molecule has 24 heavy (non-hydrogen) atoms. The van der Waals surface area contributed by atoms with Gasteiger partial charge in [-0.3, -0.25) is 0 Å². The summed E-state index contributed by atoms with van der Waals surface area (Å²) in [6, 6.07) is 15.7. The third kappa shape index (κ3) is 4.53. The molecular formula is C20H24ClNO2. The maximum Gasteiger partial charge on any atom is 0.118 e. The Bertz CT molecular complexity index is 678. The number of ether oxygens (including phenoxy) is 2. The van der Waals surface area contributed by atoms with E-state index in [1.54, 1.807) is 14.2 Å². The smallest absolute Gasteiger partial charge is 0.118 e. The largest absolute Gasteiger partial charge is 0.497 e. The molecule has 0 spiro atoms. The first-order valence-corrected chi connectivity index (χ1v) is 8.39. The minimum absolute atomic E-state index is 0.0640. The highest BCUT2D eigenvalue weighted by molar-refractivity contribution is 6.52. The van der Waals surface area contributed by atoms with Crippen LogP contribution in [0.1, 0.15) is 30.9 Å². The van der Waals surface area contributed by atoms with Gasteiger partial charge in [-0.05, 0) is 65.9 Å². The zero-order chi connectivity index (χ0) is 17.5. The number of hydrogen-bond donors (Lipinski definition) is 1. The van der Waals surface area contributed by atoms with Gasteiger partial charge in [0, 0.05) is 6.04 Å². The van der Waals surface area contributed by atoms with E-state index in [1.165, 1.54) is 0 Å². The molecule has 0 amide bonds. The van der Waals surface area contributed by atoms with Crippen molar-refractivity contribution in [2.75, 3.05) is 14.2 Å². The fraction of sp³-hybridized carbons (Fsp3) is 0.300. The van der Waals surface area contributed by atoms with E-state index in [0.29, 0.717) is 11.5 Å². The molecule has 0 radical (unpaired) electrons. The number of nitrogens with two attached hydrogens (primary N) is 1. The highest BCUT2D eigenvalue weighted by Crippen LogP contribution is 2.34. The van der Waals surface area contributed by atoms with Gasteiger partial charge in [-0.2, -0.15) is 0 Å². The Balaban J connectivity index is 2.45. The standard InChI is InChI=1S/C20H24ClNO2/c1-4-16(22)13-19(14-5-9-17(23-2)10-6-14)20(21)15-7-11-18(24-3)12-8-15/h5-12,16H,4,13,22H2,1-3H3/b20-19-. The summed E-state index contributed by atoms with van der Waals surface area (Å²) in [5, 5.41) is 0.715. The van der Waals surface area contributed by atoms with Crippen LogP contribution < -0.4 is 15.2 Å². The number of hydrogen-bond acceptors (Lipinski definition) is 3. The molecule has 2 rings (SSSR count). The van der Waals surface area contributed by atoms with Crippen molar-refractivity contribution in [3.8, 4) is 11.5 Å². The molecule has 0 aliphatic carbocycles. The maximum atomic E-state index is 6.73. The average Bonchev–Trinajstić information content (AvgIpc) is 2.65. The Morgan fingerprint density at radius 3 is 1.79 bits per heavy atom. The van der Waals surface area contributed by atoms with E-state index in [9.17, 15) is 0 Å². The van der Waals surface area contributed by atoms with Gasteiger partial charge in [0.05, 0.1) is 19.3 Å². The molecule has 2 N–H and O–H groups in total. The highest BCUT2D eigenvalue weighted by atomic mass is 35.5. The van der Waals surface area contributed by atoms with Crippen molar-refractivity contribution in [3.05, 3.63) is 59.7 Å². The number of benzene rings is 2. The fourth-order valence-corrected chi connectivity index (χ4v) is 2.76. The second kappa shape index (κ2) is 8.76. The fourth-order valence-electron chi connectivity index (χ4n) is 2.44. The molecule has 0 saturated heterocycles. The molecule has 0 aliphatic rings. The minimum Gasteiger partial charge on any atom is -0.497 e. The molecule has 128 valence electrons. The van der Waals surface area contributed by atoms with Crippen LogP contribution in [0.2, 0.25) is 0 Å². The SMILES string of the molecule is CCC(N)C/C(=C(/Cl)c1ccc(OC)cc1)c1ccc(OC)cc1. The lowest BCUT2D eigenvalue weighted by Crippen LogP contribution is -2.19. The zero-order valence-electron chi connectivity index (χ0n) is 14.4. The van der Waals surface area contributed by atoms with Crippen molar-refractivity contribution in [2.45, 2.75) is 25.8 Å². The van der Waals surface area contributed by atoms with Gasteiger partial charge in [-0.1, -0.05) is 30.7 Å². The first-order chi connectivity index (χ1) is 11.6. The molecule has 0 saturated carbocycles. The van der Waals surface area contributed by atoms with Crippen LogP contribution in [0.4, 0.5) is 0 Å². The molecule has 3 nitrogen and oxygen atoms in total. The van der Waals surface area contributed by atoms with Crippen molar-refractivity contribution in [1.82, 2.24) is 0 Å². The van der Waals surface area contributed by atoms with Crippen molar-refractivity contribution in [1.29, 1.82) is 0 Å². The van der Waals surface area contributed by atoms with Crippen LogP contribution in [0, 0.1) is 0 Å². The number of methoxy groups -OCH3 is 2. The van der Waals surface area contributed by atoms with Gasteiger partial charge in [0.25, 0.3) is 0 Å². The van der Waals surface area contributed by atoms with Gasteiger partial charge < -0.3 is 15.2 Å². The van der Waals surface area contributed by atoms with Crippen molar-refractivity contribution < 1.29 is 9.47 Å². The lowest BCUT2D eigenvalue weighted by molar-refractivity contribution is 0.414. The summed E-state index contributed by atoms with van der Waals surface area (Å²) in [5.74, 6) is 1.62. The van der Waals surface area contributed by atoms with E-state index in [4.69, 9.17) is 26.8 Å². The van der Waals surface area contributed by atoms with Gasteiger partial charge in [0.1, 0.15) is 11.5 Å². The van der Waals surface area contributed by atoms with Gasteiger partial charge in [-0.15, -0.1) is 0 Å². The first kappa shape index (κ1) is 18.4. The summed E-state index contributed by atoms with van der Waals surface area (Å²) in [5.41, 5.74) is 9.24. The molecule has 1 atom stereocenters. The molecule has 2 aromatic rings.